The van der Waals surface area contributed by atoms with Gasteiger partial charge in [0, 0.05) is 13.5 Å². The molecule has 0 spiro atoms. The van der Waals surface area contributed by atoms with Crippen LogP contribution in [0.2, 0.25) is 0 Å². The normalized spacial score (nSPS) is 12.4. The number of amides is 2. The maximum atomic E-state index is 13.8. The van der Waals surface area contributed by atoms with Crippen molar-refractivity contribution in [2.24, 2.45) is 0 Å². The molecule has 1 rings (SSSR count). The molecule has 23 heavy (non-hydrogen) atoms. The van der Waals surface area contributed by atoms with E-state index in [-0.39, 0.29) is 6.42 Å². The van der Waals surface area contributed by atoms with Crippen LogP contribution in [0.3, 0.4) is 0 Å². The molecule has 1 N–H and O–H groups in total. The monoisotopic (exact) mass is 326 g/mol. The van der Waals surface area contributed by atoms with Crippen molar-refractivity contribution in [3.8, 4) is 0 Å². The third kappa shape index (κ3) is 6.23. The largest absolute Gasteiger partial charge is 0.444 e. The van der Waals surface area contributed by atoms with E-state index in [1.54, 1.807) is 39.0 Å². The fourth-order valence-electron chi connectivity index (χ4n) is 1.84. The predicted octanol–water partition coefficient (Wildman–Crippen LogP) is 2.28. The average molecular weight is 326 g/mol. The van der Waals surface area contributed by atoms with Gasteiger partial charge in [-0.3, -0.25) is 9.63 Å². The number of alkyl carbamates (subject to hydrolysis) is 1. The molecule has 0 unspecified atom stereocenters. The smallest absolute Gasteiger partial charge is 0.408 e. The van der Waals surface area contributed by atoms with Gasteiger partial charge in [0.25, 0.3) is 5.91 Å². The Balaban J connectivity index is 2.92. The number of carbonyl (C=O) groups excluding carboxylic acids is 2. The molecule has 6 nitrogen and oxygen atoms in total. The molecule has 0 bridgehead atoms. The van der Waals surface area contributed by atoms with Crippen molar-refractivity contribution in [1.82, 2.24) is 10.4 Å². The Hall–Kier alpha value is -2.15. The first-order valence-electron chi connectivity index (χ1n) is 7.18. The molecular weight excluding hydrogens is 303 g/mol. The van der Waals surface area contributed by atoms with Crippen molar-refractivity contribution in [1.29, 1.82) is 0 Å². The minimum atomic E-state index is -1.01. The van der Waals surface area contributed by atoms with Crippen molar-refractivity contribution in [3.63, 3.8) is 0 Å². The average Bonchev–Trinajstić information content (AvgIpc) is 2.45. The van der Waals surface area contributed by atoms with E-state index in [9.17, 15) is 14.0 Å². The van der Waals surface area contributed by atoms with Gasteiger partial charge in [-0.05, 0) is 32.4 Å². The lowest BCUT2D eigenvalue weighted by molar-refractivity contribution is -0.171. The molecule has 0 saturated heterocycles. The molecule has 0 radical (unpaired) electrons. The zero-order valence-electron chi connectivity index (χ0n) is 14.1. The standard InChI is InChI=1S/C16H23FN2O4/c1-16(2,3)23-15(21)18-13(14(20)19(4)22-5)10-11-8-6-7-9-12(11)17/h6-9,13H,10H2,1-5H3,(H,18,21)/t13-/m1/s1. The quantitative estimate of drug-likeness (QED) is 0.843. The van der Waals surface area contributed by atoms with E-state index >= 15 is 0 Å². The summed E-state index contributed by atoms with van der Waals surface area (Å²) >= 11 is 0. The maximum Gasteiger partial charge on any atom is 0.408 e. The first kappa shape index (κ1) is 18.9. The number of benzene rings is 1. The Morgan fingerprint density at radius 1 is 1.30 bits per heavy atom. The summed E-state index contributed by atoms with van der Waals surface area (Å²) in [5.41, 5.74) is -0.394. The van der Waals surface area contributed by atoms with Gasteiger partial charge in [-0.1, -0.05) is 18.2 Å². The number of rotatable bonds is 5. The van der Waals surface area contributed by atoms with E-state index in [2.05, 4.69) is 5.32 Å². The van der Waals surface area contributed by atoms with Gasteiger partial charge in [0.1, 0.15) is 17.5 Å². The zero-order valence-corrected chi connectivity index (χ0v) is 14.1. The van der Waals surface area contributed by atoms with Crippen LogP contribution in [0, 0.1) is 5.82 Å². The van der Waals surface area contributed by atoms with Crippen molar-refractivity contribution < 1.29 is 23.6 Å². The molecule has 1 aromatic rings. The third-order valence-corrected chi connectivity index (χ3v) is 2.96. The molecule has 0 aliphatic rings. The molecule has 2 amide bonds. The van der Waals surface area contributed by atoms with Crippen LogP contribution in [-0.4, -0.2) is 42.9 Å². The zero-order chi connectivity index (χ0) is 17.6. The Morgan fingerprint density at radius 2 is 1.91 bits per heavy atom. The SMILES string of the molecule is CON(C)C(=O)[C@@H](Cc1ccccc1F)NC(=O)OC(C)(C)C. The third-order valence-electron chi connectivity index (χ3n) is 2.96. The van der Waals surface area contributed by atoms with Gasteiger partial charge < -0.3 is 10.1 Å². The molecule has 0 saturated carbocycles. The van der Waals surface area contributed by atoms with Crippen LogP contribution in [0.25, 0.3) is 0 Å². The lowest BCUT2D eigenvalue weighted by Crippen LogP contribution is -2.49. The number of hydrogen-bond donors (Lipinski definition) is 1. The van der Waals surface area contributed by atoms with E-state index in [1.807, 2.05) is 0 Å². The van der Waals surface area contributed by atoms with E-state index in [0.29, 0.717) is 5.56 Å². The van der Waals surface area contributed by atoms with Gasteiger partial charge in [0.2, 0.25) is 0 Å². The van der Waals surface area contributed by atoms with Crippen molar-refractivity contribution in [3.05, 3.63) is 35.6 Å². The van der Waals surface area contributed by atoms with Gasteiger partial charge in [-0.15, -0.1) is 0 Å². The topological polar surface area (TPSA) is 67.9 Å². The Bertz CT molecular complexity index is 557. The number of halogens is 1. The molecule has 1 aromatic carbocycles. The lowest BCUT2D eigenvalue weighted by atomic mass is 10.0. The van der Waals surface area contributed by atoms with Crippen LogP contribution in [0.5, 0.6) is 0 Å². The second kappa shape index (κ2) is 7.92. The highest BCUT2D eigenvalue weighted by atomic mass is 19.1. The summed E-state index contributed by atoms with van der Waals surface area (Å²) in [5.74, 6) is -0.960. The molecule has 0 aliphatic carbocycles. The summed E-state index contributed by atoms with van der Waals surface area (Å²) in [5, 5.41) is 3.44. The summed E-state index contributed by atoms with van der Waals surface area (Å²) in [6, 6.07) is 5.06. The second-order valence-corrected chi connectivity index (χ2v) is 6.01. The number of hydroxylamine groups is 2. The number of likely N-dealkylation sites (N-methyl/N-ethyl adjacent to an activating group) is 1. The van der Waals surface area contributed by atoms with E-state index in [4.69, 9.17) is 9.57 Å². The minimum absolute atomic E-state index is 0.0154. The molecule has 1 atom stereocenters. The first-order chi connectivity index (χ1) is 10.6. The highest BCUT2D eigenvalue weighted by molar-refractivity contribution is 5.85. The van der Waals surface area contributed by atoms with E-state index < -0.39 is 29.5 Å². The predicted molar refractivity (Wildman–Crippen MR) is 83.0 cm³/mol. The van der Waals surface area contributed by atoms with Crippen LogP contribution in [0.15, 0.2) is 24.3 Å². The maximum absolute atomic E-state index is 13.8. The van der Waals surface area contributed by atoms with Crippen LogP contribution in [0.4, 0.5) is 9.18 Å². The number of carbonyl (C=O) groups is 2. The van der Waals surface area contributed by atoms with E-state index in [0.717, 1.165) is 5.06 Å². The van der Waals surface area contributed by atoms with E-state index in [1.165, 1.54) is 20.2 Å². The fourth-order valence-corrected chi connectivity index (χ4v) is 1.84. The molecule has 0 aliphatic heterocycles. The molecule has 128 valence electrons. The number of nitrogens with zero attached hydrogens (tertiary/aromatic N) is 1. The highest BCUT2D eigenvalue weighted by Crippen LogP contribution is 2.12. The highest BCUT2D eigenvalue weighted by Gasteiger charge is 2.27. The van der Waals surface area contributed by atoms with Gasteiger partial charge in [0.15, 0.2) is 0 Å². The summed E-state index contributed by atoms with van der Waals surface area (Å²) in [4.78, 5) is 29.1. The lowest BCUT2D eigenvalue weighted by Gasteiger charge is -2.25. The van der Waals surface area contributed by atoms with Gasteiger partial charge in [0.05, 0.1) is 7.11 Å². The first-order valence-corrected chi connectivity index (χ1v) is 7.18. The van der Waals surface area contributed by atoms with Gasteiger partial charge in [-0.25, -0.2) is 14.2 Å². The van der Waals surface area contributed by atoms with Crippen LogP contribution in [-0.2, 0) is 20.8 Å². The number of hydrogen-bond acceptors (Lipinski definition) is 4. The van der Waals surface area contributed by atoms with Crippen LogP contribution >= 0.6 is 0 Å². The number of nitrogens with one attached hydrogen (secondary N) is 1. The van der Waals surface area contributed by atoms with Crippen molar-refractivity contribution in [2.45, 2.75) is 38.8 Å². The molecule has 0 fully saturated rings. The molecule has 0 heterocycles. The van der Waals surface area contributed by atoms with Crippen LogP contribution < -0.4 is 5.32 Å². The Kier molecular flexibility index (Phi) is 6.50. The summed E-state index contributed by atoms with van der Waals surface area (Å²) in [6.07, 6.45) is -0.768. The fraction of sp³-hybridized carbons (Fsp3) is 0.500. The summed E-state index contributed by atoms with van der Waals surface area (Å²) in [6.45, 7) is 5.13. The minimum Gasteiger partial charge on any atom is -0.444 e. The molecular formula is C16H23FN2O4. The van der Waals surface area contributed by atoms with Gasteiger partial charge in [-0.2, -0.15) is 0 Å². The Morgan fingerprint density at radius 3 is 2.43 bits per heavy atom. The Labute approximate surface area is 135 Å². The second-order valence-electron chi connectivity index (χ2n) is 6.01. The summed E-state index contributed by atoms with van der Waals surface area (Å²) < 4.78 is 18.9. The number of ether oxygens (including phenoxy) is 1. The van der Waals surface area contributed by atoms with Crippen molar-refractivity contribution >= 4 is 12.0 Å². The van der Waals surface area contributed by atoms with Crippen LogP contribution in [0.1, 0.15) is 26.3 Å². The van der Waals surface area contributed by atoms with Gasteiger partial charge >= 0.3 is 6.09 Å². The summed E-state index contributed by atoms with van der Waals surface area (Å²) in [7, 11) is 2.74. The molecule has 0 aromatic heterocycles. The van der Waals surface area contributed by atoms with Crippen molar-refractivity contribution in [2.75, 3.05) is 14.2 Å². The molecule has 7 heteroatoms.